The van der Waals surface area contributed by atoms with E-state index in [-0.39, 0.29) is 6.03 Å². The summed E-state index contributed by atoms with van der Waals surface area (Å²) in [6, 6.07) is 7.02. The van der Waals surface area contributed by atoms with Gasteiger partial charge in [-0.3, -0.25) is 20.4 Å². The van der Waals surface area contributed by atoms with Gasteiger partial charge in [-0.2, -0.15) is 5.10 Å². The van der Waals surface area contributed by atoms with E-state index in [0.717, 1.165) is 16.8 Å². The van der Waals surface area contributed by atoms with Gasteiger partial charge in [-0.15, -0.1) is 0 Å². The normalized spacial score (nSPS) is 10.4. The van der Waals surface area contributed by atoms with E-state index in [0.29, 0.717) is 23.7 Å². The van der Waals surface area contributed by atoms with Crippen molar-refractivity contribution in [3.05, 3.63) is 54.1 Å². The first kappa shape index (κ1) is 15.5. The van der Waals surface area contributed by atoms with E-state index in [4.69, 9.17) is 5.73 Å². The molecule has 2 amide bonds. The number of nitrogens with one attached hydrogen (secondary N) is 3. The molecule has 0 saturated heterocycles. The maximum absolute atomic E-state index is 12.1. The number of anilines is 2. The molecule has 24 heavy (non-hydrogen) atoms. The number of pyridine rings is 2. The molecule has 0 atom stereocenters. The number of carbonyl (C=O) groups excluding carboxylic acids is 1. The third-order valence-corrected chi connectivity index (χ3v) is 3.39. The van der Waals surface area contributed by atoms with E-state index in [1.807, 2.05) is 25.1 Å². The number of nitrogen functional groups attached to an aromatic ring is 1. The average molecular weight is 323 g/mol. The van der Waals surface area contributed by atoms with E-state index in [1.54, 1.807) is 24.7 Å². The van der Waals surface area contributed by atoms with Crippen molar-refractivity contribution >= 4 is 17.7 Å². The Balaban J connectivity index is 1.69. The van der Waals surface area contributed by atoms with Crippen molar-refractivity contribution in [1.82, 2.24) is 25.5 Å². The molecule has 3 rings (SSSR count). The highest BCUT2D eigenvalue weighted by atomic mass is 16.2. The standard InChI is InChI=1S/C16H17N7O/c1-10-7-11(4-6-19-10)8-20-16(24)21-15-13(14(17)22-23-15)12-3-2-5-18-9-12/h2-7,9H,8H2,1H3,(H5,17,20,21,22,23,24). The molecule has 0 unspecified atom stereocenters. The van der Waals surface area contributed by atoms with Crippen molar-refractivity contribution in [2.75, 3.05) is 11.1 Å². The Morgan fingerprint density at radius 3 is 2.96 bits per heavy atom. The van der Waals surface area contributed by atoms with Gasteiger partial charge < -0.3 is 11.1 Å². The van der Waals surface area contributed by atoms with Gasteiger partial charge in [0.15, 0.2) is 5.82 Å². The number of rotatable bonds is 4. The number of hydrogen-bond donors (Lipinski definition) is 4. The Kier molecular flexibility index (Phi) is 4.37. The minimum Gasteiger partial charge on any atom is -0.383 e. The first-order valence-electron chi connectivity index (χ1n) is 7.34. The molecule has 0 saturated carbocycles. The molecule has 0 aliphatic carbocycles. The smallest absolute Gasteiger partial charge is 0.320 e. The summed E-state index contributed by atoms with van der Waals surface area (Å²) in [4.78, 5) is 20.3. The first-order valence-corrected chi connectivity index (χ1v) is 7.34. The molecule has 3 heterocycles. The zero-order valence-electron chi connectivity index (χ0n) is 13.1. The summed E-state index contributed by atoms with van der Waals surface area (Å²) in [5.74, 6) is 0.715. The van der Waals surface area contributed by atoms with Crippen LogP contribution in [0, 0.1) is 6.92 Å². The van der Waals surface area contributed by atoms with Gasteiger partial charge in [0.1, 0.15) is 5.82 Å². The van der Waals surface area contributed by atoms with Crippen LogP contribution in [0.15, 0.2) is 42.9 Å². The van der Waals surface area contributed by atoms with Crippen LogP contribution in [0.3, 0.4) is 0 Å². The largest absolute Gasteiger partial charge is 0.383 e. The molecule has 0 fully saturated rings. The maximum atomic E-state index is 12.1. The number of nitrogens with two attached hydrogens (primary N) is 1. The molecule has 0 spiro atoms. The highest BCUT2D eigenvalue weighted by Gasteiger charge is 2.15. The SMILES string of the molecule is Cc1cc(CNC(=O)Nc2n[nH]c(N)c2-c2cccnc2)ccn1. The van der Waals surface area contributed by atoms with Crippen molar-refractivity contribution in [3.8, 4) is 11.1 Å². The number of amides is 2. The lowest BCUT2D eigenvalue weighted by atomic mass is 10.1. The van der Waals surface area contributed by atoms with Crippen molar-refractivity contribution in [2.45, 2.75) is 13.5 Å². The van der Waals surface area contributed by atoms with Crippen molar-refractivity contribution < 1.29 is 4.79 Å². The van der Waals surface area contributed by atoms with E-state index < -0.39 is 0 Å². The van der Waals surface area contributed by atoms with Crippen LogP contribution < -0.4 is 16.4 Å². The van der Waals surface area contributed by atoms with E-state index in [1.165, 1.54) is 0 Å². The maximum Gasteiger partial charge on any atom is 0.320 e. The number of carbonyl (C=O) groups is 1. The highest BCUT2D eigenvalue weighted by molar-refractivity contribution is 5.95. The molecular weight excluding hydrogens is 306 g/mol. The molecule has 0 aliphatic heterocycles. The molecule has 0 bridgehead atoms. The molecule has 0 aliphatic rings. The van der Waals surface area contributed by atoms with Crippen LogP contribution in [0.25, 0.3) is 11.1 Å². The summed E-state index contributed by atoms with van der Waals surface area (Å²) >= 11 is 0. The molecule has 122 valence electrons. The Morgan fingerprint density at radius 2 is 2.21 bits per heavy atom. The molecule has 0 aromatic carbocycles. The van der Waals surface area contributed by atoms with Crippen LogP contribution >= 0.6 is 0 Å². The first-order chi connectivity index (χ1) is 11.6. The quantitative estimate of drug-likeness (QED) is 0.585. The van der Waals surface area contributed by atoms with Crippen LogP contribution in [0.1, 0.15) is 11.3 Å². The summed E-state index contributed by atoms with van der Waals surface area (Å²) in [5.41, 5.74) is 9.14. The van der Waals surface area contributed by atoms with Gasteiger partial charge >= 0.3 is 6.03 Å². The van der Waals surface area contributed by atoms with Gasteiger partial charge in [0.2, 0.25) is 0 Å². The molecule has 8 heteroatoms. The fourth-order valence-electron chi connectivity index (χ4n) is 2.30. The summed E-state index contributed by atoms with van der Waals surface area (Å²) in [6.45, 7) is 2.29. The van der Waals surface area contributed by atoms with Gasteiger partial charge in [0.05, 0.1) is 5.56 Å². The number of urea groups is 1. The van der Waals surface area contributed by atoms with Gasteiger partial charge in [-0.05, 0) is 30.7 Å². The van der Waals surface area contributed by atoms with E-state index in [9.17, 15) is 4.79 Å². The van der Waals surface area contributed by atoms with Crippen LogP contribution in [0.5, 0.6) is 0 Å². The molecular formula is C16H17N7O. The summed E-state index contributed by atoms with van der Waals surface area (Å²) in [6.07, 6.45) is 5.03. The zero-order valence-corrected chi connectivity index (χ0v) is 13.1. The highest BCUT2D eigenvalue weighted by Crippen LogP contribution is 2.30. The number of aromatic nitrogens is 4. The predicted molar refractivity (Wildman–Crippen MR) is 91.1 cm³/mol. The van der Waals surface area contributed by atoms with Crippen LogP contribution in [0.2, 0.25) is 0 Å². The second-order valence-corrected chi connectivity index (χ2v) is 5.22. The van der Waals surface area contributed by atoms with Gasteiger partial charge in [0.25, 0.3) is 0 Å². The van der Waals surface area contributed by atoms with Gasteiger partial charge in [-0.25, -0.2) is 4.79 Å². The Labute approximate surface area is 138 Å². The fraction of sp³-hybridized carbons (Fsp3) is 0.125. The molecule has 3 aromatic heterocycles. The van der Waals surface area contributed by atoms with Crippen LogP contribution in [-0.4, -0.2) is 26.2 Å². The third-order valence-electron chi connectivity index (χ3n) is 3.39. The summed E-state index contributed by atoms with van der Waals surface area (Å²) < 4.78 is 0. The molecule has 0 radical (unpaired) electrons. The molecule has 5 N–H and O–H groups in total. The predicted octanol–water partition coefficient (Wildman–Crippen LogP) is 2.08. The fourth-order valence-corrected chi connectivity index (χ4v) is 2.30. The number of H-pyrrole nitrogens is 1. The van der Waals surface area contributed by atoms with E-state index >= 15 is 0 Å². The van der Waals surface area contributed by atoms with Crippen LogP contribution in [-0.2, 0) is 6.54 Å². The number of aromatic amines is 1. The van der Waals surface area contributed by atoms with Crippen molar-refractivity contribution in [1.29, 1.82) is 0 Å². The van der Waals surface area contributed by atoms with Crippen LogP contribution in [0.4, 0.5) is 16.4 Å². The lowest BCUT2D eigenvalue weighted by Gasteiger charge is -2.08. The Hall–Kier alpha value is -3.42. The van der Waals surface area contributed by atoms with Crippen molar-refractivity contribution in [2.24, 2.45) is 0 Å². The minimum absolute atomic E-state index is 0.351. The van der Waals surface area contributed by atoms with Gasteiger partial charge in [-0.1, -0.05) is 6.07 Å². The van der Waals surface area contributed by atoms with Crippen molar-refractivity contribution in [3.63, 3.8) is 0 Å². The Bertz CT molecular complexity index is 845. The number of hydrogen-bond acceptors (Lipinski definition) is 5. The number of nitrogens with zero attached hydrogens (tertiary/aromatic N) is 3. The zero-order chi connectivity index (χ0) is 16.9. The second kappa shape index (κ2) is 6.78. The average Bonchev–Trinajstić information content (AvgIpc) is 2.94. The molecule has 8 nitrogen and oxygen atoms in total. The van der Waals surface area contributed by atoms with E-state index in [2.05, 4.69) is 30.8 Å². The van der Waals surface area contributed by atoms with Gasteiger partial charge in [0, 0.05) is 36.4 Å². The molecule has 3 aromatic rings. The third kappa shape index (κ3) is 3.49. The second-order valence-electron chi connectivity index (χ2n) is 5.22. The summed E-state index contributed by atoms with van der Waals surface area (Å²) in [5, 5.41) is 12.2. The number of aryl methyl sites for hydroxylation is 1. The lowest BCUT2D eigenvalue weighted by molar-refractivity contribution is 0.251. The Morgan fingerprint density at radius 1 is 1.33 bits per heavy atom. The minimum atomic E-state index is -0.374. The summed E-state index contributed by atoms with van der Waals surface area (Å²) in [7, 11) is 0. The monoisotopic (exact) mass is 323 g/mol. The topological polar surface area (TPSA) is 122 Å². The lowest BCUT2D eigenvalue weighted by Crippen LogP contribution is -2.28.